The summed E-state index contributed by atoms with van der Waals surface area (Å²) in [5.74, 6) is -0.191. The predicted molar refractivity (Wildman–Crippen MR) is 141 cm³/mol. The zero-order valence-corrected chi connectivity index (χ0v) is 23.9. The molecule has 0 amide bonds. The maximum Gasteiger partial charge on any atom is 0.351 e. The van der Waals surface area contributed by atoms with Gasteiger partial charge in [0.1, 0.15) is 24.4 Å². The molecule has 12 nitrogen and oxygen atoms in total. The summed E-state index contributed by atoms with van der Waals surface area (Å²) in [6.07, 6.45) is 2.37. The Kier molecular flexibility index (Phi) is 18.1. The maximum atomic E-state index is 12.1. The van der Waals surface area contributed by atoms with Crippen molar-refractivity contribution in [2.75, 3.05) is 33.2 Å². The number of anilines is 1. The maximum absolute atomic E-state index is 12.1. The summed E-state index contributed by atoms with van der Waals surface area (Å²) in [7, 11) is 0.717. The van der Waals surface area contributed by atoms with Gasteiger partial charge in [-0.2, -0.15) is 4.98 Å². The molecule has 1 aromatic heterocycles. The average Bonchev–Trinajstić information content (AvgIpc) is 3.21. The topological polar surface area (TPSA) is 156 Å². The zero-order valence-electron chi connectivity index (χ0n) is 23.0. The first-order valence-corrected chi connectivity index (χ1v) is 13.2. The van der Waals surface area contributed by atoms with Crippen molar-refractivity contribution in [2.24, 2.45) is 5.92 Å². The molecule has 37 heavy (non-hydrogen) atoms. The van der Waals surface area contributed by atoms with Crippen LogP contribution in [0.15, 0.2) is 17.1 Å². The minimum atomic E-state index is -1.48. The highest BCUT2D eigenvalue weighted by Gasteiger charge is 2.35. The fourth-order valence-electron chi connectivity index (χ4n) is 2.95. The number of aldehydes is 1. The number of rotatable bonds is 12. The first-order valence-electron chi connectivity index (χ1n) is 12.0. The van der Waals surface area contributed by atoms with Crippen molar-refractivity contribution in [2.45, 2.75) is 78.5 Å². The van der Waals surface area contributed by atoms with E-state index >= 15 is 0 Å². The van der Waals surface area contributed by atoms with Gasteiger partial charge in [-0.25, -0.2) is 9.88 Å². The van der Waals surface area contributed by atoms with Crippen LogP contribution in [0.1, 0.15) is 54.2 Å². The minimum Gasteiger partial charge on any atom is -0.462 e. The van der Waals surface area contributed by atoms with Crippen molar-refractivity contribution < 1.29 is 32.7 Å². The van der Waals surface area contributed by atoms with Crippen molar-refractivity contribution in [3.63, 3.8) is 0 Å². The van der Waals surface area contributed by atoms with E-state index in [1.165, 1.54) is 4.57 Å². The van der Waals surface area contributed by atoms with Crippen molar-refractivity contribution in [1.82, 2.24) is 19.7 Å². The lowest BCUT2D eigenvalue weighted by Gasteiger charge is -2.24. The van der Waals surface area contributed by atoms with Gasteiger partial charge >= 0.3 is 11.7 Å². The first-order chi connectivity index (χ1) is 17.5. The molecular formula is C23H43FN5O7P. The van der Waals surface area contributed by atoms with Crippen LogP contribution < -0.4 is 21.6 Å². The molecule has 0 spiro atoms. The normalized spacial score (nSPS) is 20.4. The standard InChI is InChI=1S/C18H30N5O6P.C4H10O.CH3F/c1-11(2)28-17(25)13(4)22-30(20-6-8-24)27-10-14-9-12(3)16(29-14)23-7-5-15(19)21-18(23)26;1-4(2)5-3;1-2/h5,7-8,11-14,16,20,22H,6,9-10H2,1-4H3,(H2,19,21,26);4H,1-3H3;1H3. The third kappa shape index (κ3) is 13.9. The second kappa shape index (κ2) is 19.1. The van der Waals surface area contributed by atoms with Gasteiger partial charge in [0.2, 0.25) is 0 Å². The Hall–Kier alpha value is -2.02. The highest BCUT2D eigenvalue weighted by Crippen LogP contribution is 2.36. The molecule has 1 aliphatic rings. The number of alkyl halides is 1. The van der Waals surface area contributed by atoms with Crippen LogP contribution in [0.3, 0.4) is 0 Å². The Morgan fingerprint density at radius 3 is 2.46 bits per heavy atom. The lowest BCUT2D eigenvalue weighted by molar-refractivity contribution is -0.149. The van der Waals surface area contributed by atoms with E-state index in [9.17, 15) is 18.8 Å². The number of hydrogen-bond donors (Lipinski definition) is 3. The highest BCUT2D eigenvalue weighted by molar-refractivity contribution is 7.48. The summed E-state index contributed by atoms with van der Waals surface area (Å²) in [6.45, 7) is 11.5. The number of esters is 1. The van der Waals surface area contributed by atoms with Crippen LogP contribution in [-0.2, 0) is 28.3 Å². The van der Waals surface area contributed by atoms with Crippen molar-refractivity contribution in [1.29, 1.82) is 0 Å². The first kappa shape index (κ1) is 35.0. The Morgan fingerprint density at radius 1 is 1.32 bits per heavy atom. The van der Waals surface area contributed by atoms with Crippen LogP contribution in [-0.4, -0.2) is 73.6 Å². The molecule has 0 bridgehead atoms. The van der Waals surface area contributed by atoms with E-state index in [-0.39, 0.29) is 37.1 Å². The van der Waals surface area contributed by atoms with Gasteiger partial charge in [-0.15, -0.1) is 0 Å². The monoisotopic (exact) mass is 551 g/mol. The number of carbonyl (C=O) groups is 2. The minimum absolute atomic E-state index is 0.0591. The molecule has 0 aliphatic carbocycles. The number of halogens is 1. The molecule has 214 valence electrons. The van der Waals surface area contributed by atoms with Crippen LogP contribution in [0.2, 0.25) is 0 Å². The third-order valence-corrected chi connectivity index (χ3v) is 6.27. The third-order valence-electron chi connectivity index (χ3n) is 4.77. The van der Waals surface area contributed by atoms with E-state index < -0.39 is 32.4 Å². The summed E-state index contributed by atoms with van der Waals surface area (Å²) >= 11 is 0. The largest absolute Gasteiger partial charge is 0.462 e. The number of nitrogens with one attached hydrogen (secondary N) is 2. The summed E-state index contributed by atoms with van der Waals surface area (Å²) < 4.78 is 32.7. The Morgan fingerprint density at radius 2 is 1.95 bits per heavy atom. The number of nitrogen functional groups attached to an aromatic ring is 1. The lowest BCUT2D eigenvalue weighted by atomic mass is 10.1. The Balaban J connectivity index is 0.00000165. The van der Waals surface area contributed by atoms with Crippen LogP contribution >= 0.6 is 8.45 Å². The number of nitrogens with two attached hydrogens (primary N) is 1. The molecule has 1 fully saturated rings. The second-order valence-corrected chi connectivity index (χ2v) is 10.1. The van der Waals surface area contributed by atoms with Crippen molar-refractivity contribution in [3.8, 4) is 0 Å². The van der Waals surface area contributed by atoms with E-state index in [1.807, 2.05) is 20.8 Å². The van der Waals surface area contributed by atoms with Gasteiger partial charge < -0.3 is 29.3 Å². The Bertz CT molecular complexity index is 846. The van der Waals surface area contributed by atoms with Crippen molar-refractivity contribution in [3.05, 3.63) is 22.7 Å². The van der Waals surface area contributed by atoms with Crippen LogP contribution in [0.25, 0.3) is 0 Å². The number of ether oxygens (including phenoxy) is 3. The van der Waals surface area contributed by atoms with Gasteiger partial charge in [0.25, 0.3) is 0 Å². The molecule has 14 heteroatoms. The highest BCUT2D eigenvalue weighted by atomic mass is 31.2. The molecule has 2 rings (SSSR count). The van der Waals surface area contributed by atoms with E-state index in [1.54, 1.807) is 40.1 Å². The number of aromatic nitrogens is 2. The number of nitrogens with zero attached hydrogens (tertiary/aromatic N) is 2. The molecule has 4 N–H and O–H groups in total. The van der Waals surface area contributed by atoms with E-state index in [0.717, 1.165) is 0 Å². The van der Waals surface area contributed by atoms with Gasteiger partial charge in [0.15, 0.2) is 8.45 Å². The average molecular weight is 552 g/mol. The van der Waals surface area contributed by atoms with Gasteiger partial charge in [-0.3, -0.25) is 18.8 Å². The molecule has 1 saturated heterocycles. The van der Waals surface area contributed by atoms with Gasteiger partial charge in [-0.05, 0) is 47.1 Å². The molecule has 0 saturated carbocycles. The van der Waals surface area contributed by atoms with E-state index in [0.29, 0.717) is 26.0 Å². The molecule has 2 heterocycles. The SMILES string of the molecule is CC(C)OC(=O)C(C)NP(NCC=O)OCC1CC(C)C(n2ccc(N)nc2=O)O1.CF.COC(C)C. The summed E-state index contributed by atoms with van der Waals surface area (Å²) in [6, 6.07) is 0.930. The molecule has 0 aromatic carbocycles. The van der Waals surface area contributed by atoms with Crippen LogP contribution in [0, 0.1) is 5.92 Å². The number of carbonyl (C=O) groups excluding carboxylic acids is 2. The van der Waals surface area contributed by atoms with E-state index in [4.69, 9.17) is 24.5 Å². The zero-order chi connectivity index (χ0) is 28.5. The number of hydrogen-bond acceptors (Lipinski definition) is 11. The summed E-state index contributed by atoms with van der Waals surface area (Å²) in [4.78, 5) is 38.6. The predicted octanol–water partition coefficient (Wildman–Crippen LogP) is 2.34. The van der Waals surface area contributed by atoms with Gasteiger partial charge in [0.05, 0.1) is 38.6 Å². The van der Waals surface area contributed by atoms with Crippen molar-refractivity contribution >= 4 is 26.5 Å². The summed E-state index contributed by atoms with van der Waals surface area (Å²) in [5, 5.41) is 5.94. The molecule has 0 radical (unpaired) electrons. The molecule has 5 atom stereocenters. The molecule has 1 aromatic rings. The fourth-order valence-corrected chi connectivity index (χ4v) is 4.22. The number of methoxy groups -OCH3 is 1. The molecule has 5 unspecified atom stereocenters. The quantitative estimate of drug-likeness (QED) is 0.199. The Labute approximate surface area is 219 Å². The molecular weight excluding hydrogens is 508 g/mol. The van der Waals surface area contributed by atoms with Crippen LogP contribution in [0.4, 0.5) is 10.2 Å². The van der Waals surface area contributed by atoms with Crippen LogP contribution in [0.5, 0.6) is 0 Å². The molecule has 1 aliphatic heterocycles. The second-order valence-electron chi connectivity index (χ2n) is 8.64. The van der Waals surface area contributed by atoms with E-state index in [2.05, 4.69) is 15.2 Å². The lowest BCUT2D eigenvalue weighted by Crippen LogP contribution is -2.37. The van der Waals surface area contributed by atoms with Gasteiger partial charge in [-0.1, -0.05) is 6.92 Å². The fraction of sp³-hybridized carbons (Fsp3) is 0.739. The summed E-state index contributed by atoms with van der Waals surface area (Å²) in [5.41, 5.74) is 5.07. The van der Waals surface area contributed by atoms with Gasteiger partial charge in [0, 0.05) is 19.2 Å². The smallest absolute Gasteiger partial charge is 0.351 e.